The first-order valence-corrected chi connectivity index (χ1v) is 9.84. The second-order valence-electron chi connectivity index (χ2n) is 8.28. The summed E-state index contributed by atoms with van der Waals surface area (Å²) in [6.07, 6.45) is -0.703. The predicted molar refractivity (Wildman–Crippen MR) is 115 cm³/mol. The molecule has 2 aromatic rings. The molecule has 0 aliphatic heterocycles. The largest absolute Gasteiger partial charge is 0.481 e. The van der Waals surface area contributed by atoms with Crippen molar-refractivity contribution in [2.45, 2.75) is 58.7 Å². The second kappa shape index (κ2) is 10.1. The number of ether oxygens (including phenoxy) is 2. The zero-order valence-electron chi connectivity index (χ0n) is 17.9. The topological polar surface area (TPSA) is 55.8 Å². The van der Waals surface area contributed by atoms with Gasteiger partial charge in [-0.1, -0.05) is 56.9 Å². The monoisotopic (exact) mass is 394 g/mol. The third-order valence-electron chi connectivity index (χ3n) is 4.32. The minimum absolute atomic E-state index is 0.114. The average Bonchev–Trinajstić information content (AvgIpc) is 2.64. The van der Waals surface area contributed by atoms with Gasteiger partial charge < -0.3 is 14.6 Å². The Balaban J connectivity index is 1.95. The fraction of sp³-hybridized carbons (Fsp3) is 0.400. The van der Waals surface area contributed by atoms with Gasteiger partial charge in [-0.3, -0.25) is 0 Å². The molecule has 29 heavy (non-hydrogen) atoms. The van der Waals surface area contributed by atoms with E-state index in [0.717, 1.165) is 16.9 Å². The molecule has 4 nitrogen and oxygen atoms in total. The van der Waals surface area contributed by atoms with Crippen molar-refractivity contribution in [3.05, 3.63) is 65.2 Å². The summed E-state index contributed by atoms with van der Waals surface area (Å²) in [5.74, 6) is 5.91. The van der Waals surface area contributed by atoms with Crippen molar-refractivity contribution >= 4 is 5.97 Å². The van der Waals surface area contributed by atoms with Gasteiger partial charge in [0.15, 0.2) is 6.10 Å². The quantitative estimate of drug-likeness (QED) is 0.683. The summed E-state index contributed by atoms with van der Waals surface area (Å²) >= 11 is 0. The van der Waals surface area contributed by atoms with E-state index in [0.29, 0.717) is 6.42 Å². The molecule has 0 radical (unpaired) electrons. The van der Waals surface area contributed by atoms with Crippen molar-refractivity contribution in [1.29, 1.82) is 0 Å². The molecule has 0 bridgehead atoms. The molecule has 4 heteroatoms. The molecule has 154 valence electrons. The first-order chi connectivity index (χ1) is 13.6. The van der Waals surface area contributed by atoms with Crippen molar-refractivity contribution in [1.82, 2.24) is 0 Å². The van der Waals surface area contributed by atoms with E-state index in [9.17, 15) is 9.90 Å². The van der Waals surface area contributed by atoms with Crippen LogP contribution in [0.3, 0.4) is 0 Å². The Morgan fingerprint density at radius 1 is 1.10 bits per heavy atom. The number of carbonyl (C=O) groups is 1. The van der Waals surface area contributed by atoms with Gasteiger partial charge in [-0.2, -0.15) is 0 Å². The summed E-state index contributed by atoms with van der Waals surface area (Å²) in [6.45, 7) is 10.5. The van der Waals surface area contributed by atoms with Crippen LogP contribution in [0.5, 0.6) is 5.75 Å². The highest BCUT2D eigenvalue weighted by atomic mass is 16.5. The first-order valence-electron chi connectivity index (χ1n) is 9.84. The van der Waals surface area contributed by atoms with Gasteiger partial charge in [0.05, 0.1) is 6.10 Å². The van der Waals surface area contributed by atoms with Gasteiger partial charge in [0.2, 0.25) is 0 Å². The van der Waals surface area contributed by atoms with Crippen molar-refractivity contribution in [2.75, 3.05) is 6.61 Å². The van der Waals surface area contributed by atoms with E-state index < -0.39 is 12.1 Å². The first kappa shape index (κ1) is 22.5. The van der Waals surface area contributed by atoms with Crippen molar-refractivity contribution in [3.8, 4) is 17.6 Å². The number of hydrogen-bond donors (Lipinski definition) is 1. The Morgan fingerprint density at radius 2 is 1.79 bits per heavy atom. The summed E-state index contributed by atoms with van der Waals surface area (Å²) in [6, 6.07) is 15.6. The molecule has 1 atom stereocenters. The third kappa shape index (κ3) is 7.63. The molecule has 0 aliphatic carbocycles. The smallest absolute Gasteiger partial charge is 0.333 e. The van der Waals surface area contributed by atoms with Gasteiger partial charge >= 0.3 is 5.97 Å². The van der Waals surface area contributed by atoms with Crippen LogP contribution >= 0.6 is 0 Å². The van der Waals surface area contributed by atoms with E-state index in [-0.39, 0.29) is 18.1 Å². The van der Waals surface area contributed by atoms with Crippen LogP contribution in [0.25, 0.3) is 0 Å². The van der Waals surface area contributed by atoms with Crippen LogP contribution in [0.4, 0.5) is 0 Å². The summed E-state index contributed by atoms with van der Waals surface area (Å²) in [4.78, 5) is 11.4. The van der Waals surface area contributed by atoms with Crippen molar-refractivity contribution in [3.63, 3.8) is 0 Å². The van der Waals surface area contributed by atoms with E-state index in [4.69, 9.17) is 9.47 Å². The molecule has 0 aromatic heterocycles. The molecule has 0 saturated heterocycles. The molecule has 0 amide bonds. The molecule has 0 aliphatic rings. The lowest BCUT2D eigenvalue weighted by atomic mass is 9.87. The van der Waals surface area contributed by atoms with Crippen LogP contribution < -0.4 is 4.74 Å². The van der Waals surface area contributed by atoms with Crippen molar-refractivity contribution in [2.24, 2.45) is 0 Å². The summed E-state index contributed by atoms with van der Waals surface area (Å²) in [7, 11) is 0. The number of carboxylic acid groups (broad SMARTS) is 1. The average molecular weight is 395 g/mol. The van der Waals surface area contributed by atoms with Crippen LogP contribution in [0.2, 0.25) is 0 Å². The van der Waals surface area contributed by atoms with Gasteiger partial charge in [-0.05, 0) is 54.7 Å². The highest BCUT2D eigenvalue weighted by Gasteiger charge is 2.20. The van der Waals surface area contributed by atoms with Crippen LogP contribution in [-0.4, -0.2) is 29.9 Å². The molecular formula is C25H30O4. The standard InChI is InChI=1S/C25H30O4/c1-18(2)29-23(24(26)27)17-20-9-6-8-19(16-20)10-7-15-28-22-13-11-21(12-14-22)25(3,4)5/h6,8-9,11-14,16,18,23H,15,17H2,1-5H3,(H,26,27). The van der Waals surface area contributed by atoms with E-state index in [1.165, 1.54) is 5.56 Å². The summed E-state index contributed by atoms with van der Waals surface area (Å²) in [5.41, 5.74) is 3.07. The molecule has 2 aromatic carbocycles. The Kier molecular flexibility index (Phi) is 7.87. The zero-order valence-corrected chi connectivity index (χ0v) is 17.9. The van der Waals surface area contributed by atoms with Gasteiger partial charge in [0.25, 0.3) is 0 Å². The van der Waals surface area contributed by atoms with Crippen LogP contribution in [-0.2, 0) is 21.4 Å². The van der Waals surface area contributed by atoms with Gasteiger partial charge in [0, 0.05) is 12.0 Å². The normalized spacial score (nSPS) is 12.2. The molecule has 1 N–H and O–H groups in total. The Bertz CT molecular complexity index is 864. The molecule has 1 unspecified atom stereocenters. The Hall–Kier alpha value is -2.77. The maximum Gasteiger partial charge on any atom is 0.333 e. The van der Waals surface area contributed by atoms with E-state index in [1.54, 1.807) is 0 Å². The number of hydrogen-bond acceptors (Lipinski definition) is 3. The van der Waals surface area contributed by atoms with E-state index in [2.05, 4.69) is 44.7 Å². The molecule has 2 rings (SSSR count). The number of carboxylic acids is 1. The summed E-state index contributed by atoms with van der Waals surface area (Å²) < 4.78 is 11.2. The molecule has 0 fully saturated rings. The molecule has 0 spiro atoms. The lowest BCUT2D eigenvalue weighted by Gasteiger charge is -2.18. The SMILES string of the molecule is CC(C)OC(Cc1cccc(C#CCOc2ccc(C(C)(C)C)cc2)c1)C(=O)O. The highest BCUT2D eigenvalue weighted by Crippen LogP contribution is 2.24. The molecule has 0 heterocycles. The Labute approximate surface area is 173 Å². The maximum atomic E-state index is 11.4. The number of benzene rings is 2. The fourth-order valence-electron chi connectivity index (χ4n) is 2.82. The van der Waals surface area contributed by atoms with Gasteiger partial charge in [0.1, 0.15) is 12.4 Å². The highest BCUT2D eigenvalue weighted by molar-refractivity contribution is 5.72. The predicted octanol–water partition coefficient (Wildman–Crippen LogP) is 4.84. The van der Waals surface area contributed by atoms with Gasteiger partial charge in [-0.15, -0.1) is 0 Å². The summed E-state index contributed by atoms with van der Waals surface area (Å²) in [5, 5.41) is 9.33. The van der Waals surface area contributed by atoms with Crippen molar-refractivity contribution < 1.29 is 19.4 Å². The number of rotatable bonds is 7. The minimum Gasteiger partial charge on any atom is -0.481 e. The van der Waals surface area contributed by atoms with E-state index in [1.807, 2.05) is 50.2 Å². The van der Waals surface area contributed by atoms with Crippen LogP contribution in [0.1, 0.15) is 51.3 Å². The lowest BCUT2D eigenvalue weighted by Crippen LogP contribution is -2.29. The molecule has 0 saturated carbocycles. The zero-order chi connectivity index (χ0) is 21.4. The number of aliphatic carboxylic acids is 1. The van der Waals surface area contributed by atoms with Crippen LogP contribution in [0.15, 0.2) is 48.5 Å². The van der Waals surface area contributed by atoms with E-state index >= 15 is 0 Å². The fourth-order valence-corrected chi connectivity index (χ4v) is 2.82. The van der Waals surface area contributed by atoms with Crippen LogP contribution in [0, 0.1) is 11.8 Å². The van der Waals surface area contributed by atoms with Gasteiger partial charge in [-0.25, -0.2) is 4.79 Å². The third-order valence-corrected chi connectivity index (χ3v) is 4.32. The maximum absolute atomic E-state index is 11.4. The Morgan fingerprint density at radius 3 is 2.38 bits per heavy atom. The minimum atomic E-state index is -0.957. The second-order valence-corrected chi connectivity index (χ2v) is 8.28. The molecular weight excluding hydrogens is 364 g/mol. The lowest BCUT2D eigenvalue weighted by molar-refractivity contribution is -0.153.